The molecular formula is C26H31N3O3. The number of aryl methyl sites for hydroxylation is 1. The predicted octanol–water partition coefficient (Wildman–Crippen LogP) is 3.92. The van der Waals surface area contributed by atoms with Crippen LogP contribution in [-0.4, -0.2) is 60.6 Å². The Hall–Kier alpha value is -3.28. The van der Waals surface area contributed by atoms with Crippen LogP contribution in [0.15, 0.2) is 60.9 Å². The summed E-state index contributed by atoms with van der Waals surface area (Å²) in [4.78, 5) is 29.0. The molecule has 2 fully saturated rings. The van der Waals surface area contributed by atoms with E-state index in [1.165, 1.54) is 11.1 Å². The molecule has 168 valence electrons. The summed E-state index contributed by atoms with van der Waals surface area (Å²) >= 11 is 0. The third-order valence-corrected chi connectivity index (χ3v) is 6.35. The first-order valence-electron chi connectivity index (χ1n) is 11.2. The Kier molecular flexibility index (Phi) is 6.49. The highest BCUT2D eigenvalue weighted by molar-refractivity contribution is 5.87. The van der Waals surface area contributed by atoms with Gasteiger partial charge in [0.15, 0.2) is 0 Å². The molecule has 2 aromatic carbocycles. The summed E-state index contributed by atoms with van der Waals surface area (Å²) < 4.78 is 5.15. The summed E-state index contributed by atoms with van der Waals surface area (Å²) in [6.45, 7) is 5.36. The molecule has 2 aliphatic heterocycles. The van der Waals surface area contributed by atoms with Crippen LogP contribution in [0.1, 0.15) is 30.4 Å². The third kappa shape index (κ3) is 4.22. The summed E-state index contributed by atoms with van der Waals surface area (Å²) in [5.41, 5.74) is 4.75. The molecule has 2 saturated heterocycles. The molecule has 3 amide bonds. The Morgan fingerprint density at radius 2 is 1.97 bits per heavy atom. The first-order chi connectivity index (χ1) is 15.5. The first kappa shape index (κ1) is 21.9. The standard InChI is InChI=1S/C26H31N3O3/c1-4-13-27-26(31)28-16-23-25(22(12-14-32-3)29(23)24(30)17-28)20-10-8-19(9-11-20)21-7-5-6-18(2)15-21/h5-12,14-15,22-23,25H,4,13,16-17H2,1-3H3,(H,27,31)/b14-12+/t22-,23+,25-/m1/s1. The average molecular weight is 434 g/mol. The molecule has 0 saturated carbocycles. The van der Waals surface area contributed by atoms with E-state index >= 15 is 0 Å². The Morgan fingerprint density at radius 1 is 1.19 bits per heavy atom. The maximum Gasteiger partial charge on any atom is 0.317 e. The van der Waals surface area contributed by atoms with Crippen LogP contribution in [-0.2, 0) is 9.53 Å². The number of urea groups is 1. The third-order valence-electron chi connectivity index (χ3n) is 6.35. The lowest BCUT2D eigenvalue weighted by molar-refractivity contribution is -0.152. The molecule has 3 atom stereocenters. The van der Waals surface area contributed by atoms with Crippen LogP contribution in [0.2, 0.25) is 0 Å². The van der Waals surface area contributed by atoms with Gasteiger partial charge in [-0.2, -0.15) is 0 Å². The zero-order chi connectivity index (χ0) is 22.7. The van der Waals surface area contributed by atoms with Crippen LogP contribution in [0.5, 0.6) is 0 Å². The highest BCUT2D eigenvalue weighted by Crippen LogP contribution is 2.44. The van der Waals surface area contributed by atoms with Crippen molar-refractivity contribution in [2.45, 2.75) is 38.3 Å². The zero-order valence-corrected chi connectivity index (χ0v) is 19.0. The van der Waals surface area contributed by atoms with Gasteiger partial charge in [0, 0.05) is 19.0 Å². The van der Waals surface area contributed by atoms with Crippen molar-refractivity contribution in [2.75, 3.05) is 26.7 Å². The number of carbonyl (C=O) groups excluding carboxylic acids is 2. The number of hydrogen-bond donors (Lipinski definition) is 1. The smallest absolute Gasteiger partial charge is 0.317 e. The fraction of sp³-hybridized carbons (Fsp3) is 0.385. The molecule has 2 aliphatic rings. The fourth-order valence-electron chi connectivity index (χ4n) is 4.79. The molecule has 1 N–H and O–H groups in total. The van der Waals surface area contributed by atoms with E-state index in [0.717, 1.165) is 17.5 Å². The van der Waals surface area contributed by atoms with Crippen LogP contribution in [0.25, 0.3) is 11.1 Å². The van der Waals surface area contributed by atoms with Gasteiger partial charge >= 0.3 is 6.03 Å². The number of piperazine rings is 1. The number of nitrogens with one attached hydrogen (secondary N) is 1. The van der Waals surface area contributed by atoms with Crippen molar-refractivity contribution >= 4 is 11.9 Å². The maximum absolute atomic E-state index is 12.9. The van der Waals surface area contributed by atoms with E-state index in [9.17, 15) is 9.59 Å². The van der Waals surface area contributed by atoms with Crippen molar-refractivity contribution in [1.82, 2.24) is 15.1 Å². The maximum atomic E-state index is 12.9. The van der Waals surface area contributed by atoms with E-state index < -0.39 is 0 Å². The van der Waals surface area contributed by atoms with Crippen LogP contribution in [0.4, 0.5) is 4.79 Å². The first-order valence-corrected chi connectivity index (χ1v) is 11.2. The van der Waals surface area contributed by atoms with Crippen LogP contribution >= 0.6 is 0 Å². The highest BCUT2D eigenvalue weighted by Gasteiger charge is 2.53. The SMILES string of the molecule is CCCNC(=O)N1CC(=O)N2[C@H](/C=C/OC)[C@@H](c3ccc(-c4cccc(C)c4)cc3)[C@@H]2C1. The van der Waals surface area contributed by atoms with Gasteiger partial charge in [-0.05, 0) is 36.1 Å². The minimum absolute atomic E-state index is 0.0220. The van der Waals surface area contributed by atoms with Gasteiger partial charge in [0.1, 0.15) is 6.54 Å². The molecule has 2 heterocycles. The molecule has 6 heteroatoms. The Balaban J connectivity index is 1.58. The van der Waals surface area contributed by atoms with Gasteiger partial charge in [0.05, 0.1) is 25.5 Å². The topological polar surface area (TPSA) is 61.9 Å². The Labute approximate surface area is 189 Å². The van der Waals surface area contributed by atoms with Crippen molar-refractivity contribution in [3.05, 3.63) is 72.0 Å². The second-order valence-corrected chi connectivity index (χ2v) is 8.55. The van der Waals surface area contributed by atoms with Crippen molar-refractivity contribution in [1.29, 1.82) is 0 Å². The predicted molar refractivity (Wildman–Crippen MR) is 125 cm³/mol. The van der Waals surface area contributed by atoms with Gasteiger partial charge in [-0.1, -0.05) is 61.0 Å². The lowest BCUT2D eigenvalue weighted by Gasteiger charge is -2.58. The number of rotatable bonds is 6. The quantitative estimate of drug-likeness (QED) is 0.703. The van der Waals surface area contributed by atoms with Crippen molar-refractivity contribution in [2.24, 2.45) is 0 Å². The molecule has 0 spiro atoms. The molecule has 4 rings (SSSR count). The van der Waals surface area contributed by atoms with Crippen molar-refractivity contribution in [3.63, 3.8) is 0 Å². The lowest BCUT2D eigenvalue weighted by Crippen LogP contribution is -2.72. The van der Waals surface area contributed by atoms with E-state index in [1.807, 2.05) is 17.9 Å². The molecule has 0 aliphatic carbocycles. The molecule has 6 nitrogen and oxygen atoms in total. The minimum atomic E-state index is -0.163. The lowest BCUT2D eigenvalue weighted by atomic mass is 9.73. The van der Waals surface area contributed by atoms with E-state index in [4.69, 9.17) is 4.74 Å². The second-order valence-electron chi connectivity index (χ2n) is 8.55. The summed E-state index contributed by atoms with van der Waals surface area (Å²) in [5, 5.41) is 2.89. The molecule has 2 aromatic rings. The fourth-order valence-corrected chi connectivity index (χ4v) is 4.79. The molecular weight excluding hydrogens is 402 g/mol. The van der Waals surface area contributed by atoms with E-state index in [0.29, 0.717) is 13.1 Å². The number of fused-ring (bicyclic) bond motifs is 1. The van der Waals surface area contributed by atoms with Gasteiger partial charge < -0.3 is 19.9 Å². The van der Waals surface area contributed by atoms with Crippen molar-refractivity contribution in [3.8, 4) is 11.1 Å². The summed E-state index contributed by atoms with van der Waals surface area (Å²) in [5.74, 6) is 0.0879. The average Bonchev–Trinajstić information content (AvgIpc) is 2.78. The minimum Gasteiger partial charge on any atom is -0.505 e. The monoisotopic (exact) mass is 433 g/mol. The van der Waals surface area contributed by atoms with Gasteiger partial charge in [-0.15, -0.1) is 0 Å². The summed E-state index contributed by atoms with van der Waals surface area (Å²) in [6, 6.07) is 16.8. The molecule has 32 heavy (non-hydrogen) atoms. The Morgan fingerprint density at radius 3 is 2.66 bits per heavy atom. The Bertz CT molecular complexity index is 1000. The zero-order valence-electron chi connectivity index (χ0n) is 19.0. The number of carbonyl (C=O) groups is 2. The van der Waals surface area contributed by atoms with Crippen LogP contribution in [0.3, 0.4) is 0 Å². The summed E-state index contributed by atoms with van der Waals surface area (Å²) in [7, 11) is 1.61. The number of hydrogen-bond acceptors (Lipinski definition) is 3. The number of nitrogens with zero attached hydrogens (tertiary/aromatic N) is 2. The second kappa shape index (κ2) is 9.47. The number of benzene rings is 2. The molecule has 0 unspecified atom stereocenters. The molecule has 0 aromatic heterocycles. The van der Waals surface area contributed by atoms with Gasteiger partial charge in [0.25, 0.3) is 0 Å². The molecule has 0 radical (unpaired) electrons. The largest absolute Gasteiger partial charge is 0.505 e. The van der Waals surface area contributed by atoms with Crippen LogP contribution in [0, 0.1) is 6.92 Å². The normalized spacial score (nSPS) is 22.5. The van der Waals surface area contributed by atoms with Gasteiger partial charge in [0.2, 0.25) is 5.91 Å². The van der Waals surface area contributed by atoms with Crippen molar-refractivity contribution < 1.29 is 14.3 Å². The number of amides is 3. The van der Waals surface area contributed by atoms with Gasteiger partial charge in [-0.25, -0.2) is 4.79 Å². The van der Waals surface area contributed by atoms with E-state index in [2.05, 4.69) is 60.8 Å². The van der Waals surface area contributed by atoms with Crippen LogP contribution < -0.4 is 5.32 Å². The summed E-state index contributed by atoms with van der Waals surface area (Å²) in [6.07, 6.45) is 4.45. The number of methoxy groups -OCH3 is 1. The number of ether oxygens (including phenoxy) is 1. The van der Waals surface area contributed by atoms with Gasteiger partial charge in [-0.3, -0.25) is 4.79 Å². The van der Waals surface area contributed by atoms with E-state index in [-0.39, 0.29) is 36.5 Å². The van der Waals surface area contributed by atoms with E-state index in [1.54, 1.807) is 18.3 Å². The highest BCUT2D eigenvalue weighted by atomic mass is 16.5. The molecule has 0 bridgehead atoms.